The Labute approximate surface area is 104 Å². The molecule has 2 N–H and O–H groups in total. The van der Waals surface area contributed by atoms with Crippen molar-refractivity contribution in [3.63, 3.8) is 0 Å². The molecule has 0 unspecified atom stereocenters. The van der Waals surface area contributed by atoms with Gasteiger partial charge in [0.05, 0.1) is 0 Å². The molecule has 2 rings (SSSR count). The Hall–Kier alpha value is -1.85. The highest BCUT2D eigenvalue weighted by Crippen LogP contribution is 2.19. The largest absolute Gasteiger partial charge is 0.434 e. The van der Waals surface area contributed by atoms with Gasteiger partial charge in [0, 0.05) is 25.2 Å². The Morgan fingerprint density at radius 1 is 1.39 bits per heavy atom. The molecule has 0 saturated heterocycles. The van der Waals surface area contributed by atoms with Gasteiger partial charge in [0.15, 0.2) is 5.96 Å². The summed E-state index contributed by atoms with van der Waals surface area (Å²) in [6.45, 7) is -0.753. The van der Waals surface area contributed by atoms with Crippen LogP contribution in [0.2, 0.25) is 0 Å². The maximum atomic E-state index is 12.2. The van der Waals surface area contributed by atoms with Gasteiger partial charge in [-0.1, -0.05) is 18.2 Å². The number of hydrogen-bond acceptors (Lipinski definition) is 4. The number of hydrogen-bond donors (Lipinski definition) is 2. The highest BCUT2D eigenvalue weighted by molar-refractivity contribution is 5.80. The topological polar surface area (TPSA) is 45.6 Å². The van der Waals surface area contributed by atoms with Gasteiger partial charge < -0.3 is 15.4 Å². The maximum Gasteiger partial charge on any atom is 0.387 e. The predicted octanol–water partition coefficient (Wildman–Crippen LogP) is 1.73. The van der Waals surface area contributed by atoms with E-state index in [1.54, 1.807) is 18.2 Å². The van der Waals surface area contributed by atoms with Crippen LogP contribution in [0.15, 0.2) is 29.3 Å². The minimum absolute atomic E-state index is 0.191. The normalized spacial score (nSPS) is 14.9. The minimum atomic E-state index is -2.81. The Kier molecular flexibility index (Phi) is 4.33. The van der Waals surface area contributed by atoms with Gasteiger partial charge in [0.2, 0.25) is 0 Å². The number of ether oxygens (including phenoxy) is 1. The summed E-state index contributed by atoms with van der Waals surface area (Å²) in [4.78, 5) is 4.24. The van der Waals surface area contributed by atoms with Crippen molar-refractivity contribution < 1.29 is 13.5 Å². The zero-order chi connectivity index (χ0) is 12.8. The van der Waals surface area contributed by atoms with Crippen LogP contribution >= 0.6 is 0 Å². The van der Waals surface area contributed by atoms with E-state index in [0.717, 1.165) is 19.5 Å². The van der Waals surface area contributed by atoms with E-state index in [4.69, 9.17) is 0 Å². The van der Waals surface area contributed by atoms with E-state index in [0.29, 0.717) is 18.1 Å². The van der Waals surface area contributed by atoms with Gasteiger partial charge in [-0.05, 0) is 12.5 Å². The Bertz CT molecular complexity index is 424. The third-order valence-electron chi connectivity index (χ3n) is 2.53. The van der Waals surface area contributed by atoms with Crippen molar-refractivity contribution in [2.24, 2.45) is 4.99 Å². The summed E-state index contributed by atoms with van der Waals surface area (Å²) in [5.74, 6) is 0.893. The highest BCUT2D eigenvalue weighted by atomic mass is 19.3. The van der Waals surface area contributed by atoms with Crippen LogP contribution in [0.3, 0.4) is 0 Å². The first-order chi connectivity index (χ1) is 8.75. The van der Waals surface area contributed by atoms with Gasteiger partial charge in [0.1, 0.15) is 5.75 Å². The van der Waals surface area contributed by atoms with E-state index in [1.807, 2.05) is 0 Å². The fraction of sp³-hybridized carbons (Fsp3) is 0.417. The number of guanidine groups is 1. The molecule has 1 aliphatic rings. The first kappa shape index (κ1) is 12.6. The van der Waals surface area contributed by atoms with Crippen LogP contribution in [0, 0.1) is 0 Å². The number of aliphatic imine (C=N–C) groups is 1. The molecule has 0 radical (unpaired) electrons. The fourth-order valence-electron chi connectivity index (χ4n) is 1.69. The smallest absolute Gasteiger partial charge is 0.387 e. The number of rotatable bonds is 4. The first-order valence-electron chi connectivity index (χ1n) is 5.80. The van der Waals surface area contributed by atoms with E-state index >= 15 is 0 Å². The van der Waals surface area contributed by atoms with Crippen molar-refractivity contribution in [2.75, 3.05) is 13.1 Å². The molecule has 1 aromatic carbocycles. The van der Waals surface area contributed by atoms with E-state index < -0.39 is 6.61 Å². The quantitative estimate of drug-likeness (QED) is 0.861. The molecule has 0 fully saturated rings. The van der Waals surface area contributed by atoms with E-state index in [-0.39, 0.29) is 5.75 Å². The number of halogens is 2. The third-order valence-corrected chi connectivity index (χ3v) is 2.53. The van der Waals surface area contributed by atoms with Crippen LogP contribution in [0.5, 0.6) is 5.75 Å². The molecule has 0 aromatic heterocycles. The molecule has 6 heteroatoms. The SMILES string of the molecule is FC(F)Oc1ccccc1CNC1=NCCCN1. The van der Waals surface area contributed by atoms with Crippen molar-refractivity contribution in [3.8, 4) is 5.75 Å². The van der Waals surface area contributed by atoms with Gasteiger partial charge in [-0.2, -0.15) is 8.78 Å². The lowest BCUT2D eigenvalue weighted by Gasteiger charge is -2.17. The molecular formula is C12H15F2N3O. The van der Waals surface area contributed by atoms with Crippen LogP contribution in [0.1, 0.15) is 12.0 Å². The third kappa shape index (κ3) is 3.58. The van der Waals surface area contributed by atoms with Crippen molar-refractivity contribution >= 4 is 5.96 Å². The summed E-state index contributed by atoms with van der Waals surface area (Å²) >= 11 is 0. The lowest BCUT2D eigenvalue weighted by Crippen LogP contribution is -2.40. The zero-order valence-corrected chi connectivity index (χ0v) is 9.83. The zero-order valence-electron chi connectivity index (χ0n) is 9.83. The molecule has 1 aliphatic heterocycles. The molecule has 0 bridgehead atoms. The summed E-state index contributed by atoms with van der Waals surface area (Å²) in [7, 11) is 0. The summed E-state index contributed by atoms with van der Waals surface area (Å²) in [5, 5.41) is 6.17. The number of para-hydroxylation sites is 1. The predicted molar refractivity (Wildman–Crippen MR) is 64.8 cm³/mol. The standard InChI is InChI=1S/C12H15F2N3O/c13-11(14)18-10-5-2-1-4-9(10)8-17-12-15-6-3-7-16-12/h1-2,4-5,11H,3,6-8H2,(H2,15,16,17). The van der Waals surface area contributed by atoms with Crippen molar-refractivity contribution in [1.29, 1.82) is 0 Å². The van der Waals surface area contributed by atoms with Crippen LogP contribution in [-0.4, -0.2) is 25.7 Å². The highest BCUT2D eigenvalue weighted by Gasteiger charge is 2.10. The number of nitrogens with zero attached hydrogens (tertiary/aromatic N) is 1. The van der Waals surface area contributed by atoms with Crippen molar-refractivity contribution in [3.05, 3.63) is 29.8 Å². The van der Waals surface area contributed by atoms with Crippen LogP contribution in [0.4, 0.5) is 8.78 Å². The summed E-state index contributed by atoms with van der Waals surface area (Å²) in [6, 6.07) is 6.72. The number of nitrogens with one attached hydrogen (secondary N) is 2. The second-order valence-corrected chi connectivity index (χ2v) is 3.85. The molecule has 0 atom stereocenters. The Morgan fingerprint density at radius 3 is 2.94 bits per heavy atom. The second kappa shape index (κ2) is 6.18. The van der Waals surface area contributed by atoms with Gasteiger partial charge in [-0.25, -0.2) is 0 Å². The number of benzene rings is 1. The van der Waals surface area contributed by atoms with Gasteiger partial charge in [-0.15, -0.1) is 0 Å². The molecule has 0 aliphatic carbocycles. The van der Waals surface area contributed by atoms with E-state index in [1.165, 1.54) is 6.07 Å². The fourth-order valence-corrected chi connectivity index (χ4v) is 1.69. The van der Waals surface area contributed by atoms with E-state index in [9.17, 15) is 8.78 Å². The molecule has 4 nitrogen and oxygen atoms in total. The lowest BCUT2D eigenvalue weighted by molar-refractivity contribution is -0.0504. The molecule has 1 heterocycles. The van der Waals surface area contributed by atoms with Gasteiger partial charge in [-0.3, -0.25) is 4.99 Å². The first-order valence-corrected chi connectivity index (χ1v) is 5.80. The average Bonchev–Trinajstić information content (AvgIpc) is 2.38. The molecule has 0 saturated carbocycles. The summed E-state index contributed by atoms with van der Waals surface area (Å²) in [6.07, 6.45) is 1.01. The van der Waals surface area contributed by atoms with Crippen LogP contribution in [-0.2, 0) is 6.54 Å². The summed E-state index contributed by atoms with van der Waals surface area (Å²) in [5.41, 5.74) is 0.674. The van der Waals surface area contributed by atoms with Gasteiger partial charge in [0.25, 0.3) is 0 Å². The average molecular weight is 255 g/mol. The monoisotopic (exact) mass is 255 g/mol. The molecule has 18 heavy (non-hydrogen) atoms. The Balaban J connectivity index is 1.97. The molecule has 0 amide bonds. The molecule has 98 valence electrons. The number of alkyl halides is 2. The second-order valence-electron chi connectivity index (χ2n) is 3.85. The Morgan fingerprint density at radius 2 is 2.22 bits per heavy atom. The van der Waals surface area contributed by atoms with Crippen LogP contribution in [0.25, 0.3) is 0 Å². The van der Waals surface area contributed by atoms with Gasteiger partial charge >= 0.3 is 6.61 Å². The summed E-state index contributed by atoms with van der Waals surface area (Å²) < 4.78 is 28.9. The lowest BCUT2D eigenvalue weighted by atomic mass is 10.2. The van der Waals surface area contributed by atoms with E-state index in [2.05, 4.69) is 20.4 Å². The van der Waals surface area contributed by atoms with Crippen molar-refractivity contribution in [1.82, 2.24) is 10.6 Å². The molecule has 0 spiro atoms. The van der Waals surface area contributed by atoms with Crippen LogP contribution < -0.4 is 15.4 Å². The van der Waals surface area contributed by atoms with Crippen molar-refractivity contribution in [2.45, 2.75) is 19.6 Å². The molecule has 1 aromatic rings. The maximum absolute atomic E-state index is 12.2. The minimum Gasteiger partial charge on any atom is -0.434 e. The molecular weight excluding hydrogens is 240 g/mol.